The number of nitrogen functional groups attached to an aromatic ring is 1. The summed E-state index contributed by atoms with van der Waals surface area (Å²) in [6, 6.07) is 11.2. The Morgan fingerprint density at radius 2 is 2.00 bits per heavy atom. The van der Waals surface area contributed by atoms with E-state index in [0.29, 0.717) is 23.6 Å². The van der Waals surface area contributed by atoms with Crippen LogP contribution in [0.5, 0.6) is 5.75 Å². The van der Waals surface area contributed by atoms with Crippen LogP contribution in [0, 0.1) is 5.82 Å². The maximum absolute atomic E-state index is 13.6. The van der Waals surface area contributed by atoms with Crippen molar-refractivity contribution in [2.75, 3.05) is 12.3 Å². The van der Waals surface area contributed by atoms with Crippen molar-refractivity contribution in [1.29, 1.82) is 0 Å². The zero-order valence-corrected chi connectivity index (χ0v) is 12.0. The zero-order chi connectivity index (χ0) is 14.5. The van der Waals surface area contributed by atoms with Gasteiger partial charge in [-0.05, 0) is 37.3 Å². The average molecular weight is 293 g/mol. The molecule has 2 aromatic carbocycles. The lowest BCUT2D eigenvalue weighted by Crippen LogP contribution is -2.03. The number of anilines is 1. The molecule has 5 heteroatoms. The van der Waals surface area contributed by atoms with Gasteiger partial charge in [-0.3, -0.25) is 4.21 Å². The number of halogens is 1. The molecule has 0 saturated carbocycles. The molecular weight excluding hydrogens is 277 g/mol. The van der Waals surface area contributed by atoms with E-state index in [4.69, 9.17) is 10.5 Å². The van der Waals surface area contributed by atoms with Crippen molar-refractivity contribution in [2.45, 2.75) is 17.6 Å². The second-order valence-electron chi connectivity index (χ2n) is 4.22. The summed E-state index contributed by atoms with van der Waals surface area (Å²) < 4.78 is 31.4. The van der Waals surface area contributed by atoms with Crippen LogP contribution < -0.4 is 10.5 Å². The molecular formula is C15H16FNO2S. The van der Waals surface area contributed by atoms with Gasteiger partial charge in [0.1, 0.15) is 11.6 Å². The maximum Gasteiger partial charge on any atom is 0.139 e. The van der Waals surface area contributed by atoms with Gasteiger partial charge in [0.05, 0.1) is 28.1 Å². The third kappa shape index (κ3) is 3.36. The van der Waals surface area contributed by atoms with Crippen molar-refractivity contribution in [3.8, 4) is 5.75 Å². The van der Waals surface area contributed by atoms with Gasteiger partial charge in [-0.1, -0.05) is 12.1 Å². The largest absolute Gasteiger partial charge is 0.494 e. The third-order valence-electron chi connectivity index (χ3n) is 2.75. The highest BCUT2D eigenvalue weighted by Gasteiger charge is 2.13. The predicted octanol–water partition coefficient (Wildman–Crippen LogP) is 3.11. The van der Waals surface area contributed by atoms with E-state index in [9.17, 15) is 8.60 Å². The lowest BCUT2D eigenvalue weighted by atomic mass is 10.2. The fourth-order valence-corrected chi connectivity index (χ4v) is 3.04. The Labute approximate surface area is 120 Å². The summed E-state index contributed by atoms with van der Waals surface area (Å²) in [5, 5.41) is 0. The summed E-state index contributed by atoms with van der Waals surface area (Å²) in [5.74, 6) is 0.334. The minimum atomic E-state index is -1.48. The van der Waals surface area contributed by atoms with Crippen LogP contribution in [0.2, 0.25) is 0 Å². The molecule has 2 aromatic rings. The van der Waals surface area contributed by atoms with Crippen molar-refractivity contribution in [2.24, 2.45) is 0 Å². The van der Waals surface area contributed by atoms with E-state index in [0.717, 1.165) is 0 Å². The SMILES string of the molecule is CCOc1ccc(N)cc1CS(=O)c1ccccc1F. The van der Waals surface area contributed by atoms with E-state index in [-0.39, 0.29) is 10.6 Å². The molecule has 0 saturated heterocycles. The first-order valence-corrected chi connectivity index (χ1v) is 7.57. The topological polar surface area (TPSA) is 52.3 Å². The van der Waals surface area contributed by atoms with Crippen LogP contribution >= 0.6 is 0 Å². The minimum absolute atomic E-state index is 0.168. The second kappa shape index (κ2) is 6.52. The Balaban J connectivity index is 2.27. The van der Waals surface area contributed by atoms with Gasteiger partial charge in [0.15, 0.2) is 0 Å². The predicted molar refractivity (Wildman–Crippen MR) is 78.5 cm³/mol. The van der Waals surface area contributed by atoms with E-state index >= 15 is 0 Å². The maximum atomic E-state index is 13.6. The Morgan fingerprint density at radius 1 is 1.25 bits per heavy atom. The van der Waals surface area contributed by atoms with Gasteiger partial charge in [0, 0.05) is 11.3 Å². The molecule has 3 nitrogen and oxygen atoms in total. The number of benzene rings is 2. The molecule has 1 atom stereocenters. The average Bonchev–Trinajstić information content (AvgIpc) is 2.42. The fourth-order valence-electron chi connectivity index (χ4n) is 1.86. The molecule has 106 valence electrons. The van der Waals surface area contributed by atoms with Crippen LogP contribution in [-0.4, -0.2) is 10.8 Å². The van der Waals surface area contributed by atoms with Gasteiger partial charge < -0.3 is 10.5 Å². The quantitative estimate of drug-likeness (QED) is 0.862. The molecule has 0 radical (unpaired) electrons. The fraction of sp³-hybridized carbons (Fsp3) is 0.200. The van der Waals surface area contributed by atoms with Crippen LogP contribution in [0.4, 0.5) is 10.1 Å². The van der Waals surface area contributed by atoms with E-state index in [1.807, 2.05) is 6.92 Å². The Morgan fingerprint density at radius 3 is 2.70 bits per heavy atom. The van der Waals surface area contributed by atoms with Gasteiger partial charge in [-0.2, -0.15) is 0 Å². The molecule has 1 unspecified atom stereocenters. The molecule has 0 aliphatic heterocycles. The highest BCUT2D eigenvalue weighted by atomic mass is 32.2. The van der Waals surface area contributed by atoms with Gasteiger partial charge >= 0.3 is 0 Å². The highest BCUT2D eigenvalue weighted by molar-refractivity contribution is 7.84. The lowest BCUT2D eigenvalue weighted by Gasteiger charge is -2.11. The molecule has 0 spiro atoms. The molecule has 2 rings (SSSR count). The monoisotopic (exact) mass is 293 g/mol. The van der Waals surface area contributed by atoms with E-state index in [1.165, 1.54) is 12.1 Å². The Bertz CT molecular complexity index is 631. The van der Waals surface area contributed by atoms with Crippen LogP contribution in [0.1, 0.15) is 12.5 Å². The highest BCUT2D eigenvalue weighted by Crippen LogP contribution is 2.25. The zero-order valence-electron chi connectivity index (χ0n) is 11.1. The molecule has 0 heterocycles. The van der Waals surface area contributed by atoms with Gasteiger partial charge in [-0.25, -0.2) is 4.39 Å². The van der Waals surface area contributed by atoms with Crippen molar-refractivity contribution >= 4 is 16.5 Å². The molecule has 0 aliphatic carbocycles. The first kappa shape index (κ1) is 14.5. The van der Waals surface area contributed by atoms with Crippen LogP contribution in [0.15, 0.2) is 47.4 Å². The standard InChI is InChI=1S/C15H16FNO2S/c1-2-19-14-8-7-12(17)9-11(14)10-20(18)15-6-4-3-5-13(15)16/h3-9H,2,10,17H2,1H3. The summed E-state index contributed by atoms with van der Waals surface area (Å²) >= 11 is 0. The second-order valence-corrected chi connectivity index (χ2v) is 5.64. The molecule has 0 amide bonds. The molecule has 0 bridgehead atoms. The molecule has 0 aromatic heterocycles. The van der Waals surface area contributed by atoms with E-state index < -0.39 is 16.6 Å². The van der Waals surface area contributed by atoms with Crippen LogP contribution in [0.25, 0.3) is 0 Å². The minimum Gasteiger partial charge on any atom is -0.494 e. The van der Waals surface area contributed by atoms with E-state index in [2.05, 4.69) is 0 Å². The normalized spacial score (nSPS) is 12.1. The molecule has 2 N–H and O–H groups in total. The Hall–Kier alpha value is -1.88. The number of nitrogens with two attached hydrogens (primary N) is 1. The van der Waals surface area contributed by atoms with Gasteiger partial charge in [-0.15, -0.1) is 0 Å². The van der Waals surface area contributed by atoms with E-state index in [1.54, 1.807) is 30.3 Å². The van der Waals surface area contributed by atoms with Crippen LogP contribution in [0.3, 0.4) is 0 Å². The smallest absolute Gasteiger partial charge is 0.139 e. The number of hydrogen-bond donors (Lipinski definition) is 1. The summed E-state index contributed by atoms with van der Waals surface area (Å²) in [5.41, 5.74) is 7.02. The van der Waals surface area contributed by atoms with Crippen molar-refractivity contribution in [3.05, 3.63) is 53.8 Å². The lowest BCUT2D eigenvalue weighted by molar-refractivity contribution is 0.337. The summed E-state index contributed by atoms with van der Waals surface area (Å²) in [6.07, 6.45) is 0. The van der Waals surface area contributed by atoms with Gasteiger partial charge in [0.25, 0.3) is 0 Å². The van der Waals surface area contributed by atoms with Crippen molar-refractivity contribution in [3.63, 3.8) is 0 Å². The van der Waals surface area contributed by atoms with Crippen molar-refractivity contribution < 1.29 is 13.3 Å². The van der Waals surface area contributed by atoms with Crippen LogP contribution in [-0.2, 0) is 16.6 Å². The third-order valence-corrected chi connectivity index (χ3v) is 4.15. The summed E-state index contributed by atoms with van der Waals surface area (Å²) in [6.45, 7) is 2.37. The van der Waals surface area contributed by atoms with Gasteiger partial charge in [0.2, 0.25) is 0 Å². The van der Waals surface area contributed by atoms with Crippen molar-refractivity contribution in [1.82, 2.24) is 0 Å². The summed E-state index contributed by atoms with van der Waals surface area (Å²) in [4.78, 5) is 0.192. The number of hydrogen-bond acceptors (Lipinski definition) is 3. The molecule has 0 fully saturated rings. The first-order valence-electron chi connectivity index (χ1n) is 6.26. The molecule has 0 aliphatic rings. The number of rotatable bonds is 5. The summed E-state index contributed by atoms with van der Waals surface area (Å²) in [7, 11) is -1.48. The molecule has 20 heavy (non-hydrogen) atoms. The first-order chi connectivity index (χ1) is 9.61. The Kier molecular flexibility index (Phi) is 4.74. The number of ether oxygens (including phenoxy) is 1.